The van der Waals surface area contributed by atoms with Gasteiger partial charge in [0.2, 0.25) is 0 Å². The lowest BCUT2D eigenvalue weighted by Gasteiger charge is -2.16. The first-order chi connectivity index (χ1) is 8.99. The summed E-state index contributed by atoms with van der Waals surface area (Å²) in [6.45, 7) is 3.91. The fourth-order valence-corrected chi connectivity index (χ4v) is 1.85. The summed E-state index contributed by atoms with van der Waals surface area (Å²) < 4.78 is 5.28. The van der Waals surface area contributed by atoms with Gasteiger partial charge in [0, 0.05) is 16.9 Å². The molecule has 0 amide bonds. The summed E-state index contributed by atoms with van der Waals surface area (Å²) in [6, 6.07) is 3.22. The van der Waals surface area contributed by atoms with Gasteiger partial charge in [-0.05, 0) is 43.0 Å². The van der Waals surface area contributed by atoms with Gasteiger partial charge in [0.05, 0.1) is 13.2 Å². The third-order valence-electron chi connectivity index (χ3n) is 3.03. The number of ether oxygens (including phenoxy) is 1. The number of hydrogen-bond donors (Lipinski definition) is 1. The van der Waals surface area contributed by atoms with Crippen molar-refractivity contribution in [1.82, 2.24) is 0 Å². The summed E-state index contributed by atoms with van der Waals surface area (Å²) in [5.74, 6) is -0.299. The highest BCUT2D eigenvalue weighted by atomic mass is 16.5. The molecular formula is C13H17N3O3. The van der Waals surface area contributed by atoms with E-state index in [1.807, 2.05) is 26.0 Å². The largest absolute Gasteiger partial charge is 0.496 e. The molecule has 102 valence electrons. The van der Waals surface area contributed by atoms with Gasteiger partial charge >= 0.3 is 5.97 Å². The maximum absolute atomic E-state index is 10.6. The monoisotopic (exact) mass is 263 g/mol. The number of hydrogen-bond acceptors (Lipinski definition) is 3. The fraction of sp³-hybridized carbons (Fsp3) is 0.462. The van der Waals surface area contributed by atoms with Crippen LogP contribution in [0.25, 0.3) is 10.4 Å². The van der Waals surface area contributed by atoms with Crippen LogP contribution in [0.2, 0.25) is 0 Å². The molecule has 0 aliphatic heterocycles. The van der Waals surface area contributed by atoms with Crippen LogP contribution in [0, 0.1) is 13.8 Å². The Balaban J connectivity index is 3.17. The molecule has 0 heterocycles. The minimum Gasteiger partial charge on any atom is -0.496 e. The van der Waals surface area contributed by atoms with Crippen molar-refractivity contribution in [3.05, 3.63) is 39.3 Å². The van der Waals surface area contributed by atoms with Crippen LogP contribution < -0.4 is 4.74 Å². The van der Waals surface area contributed by atoms with Gasteiger partial charge in [0.25, 0.3) is 0 Å². The molecule has 6 nitrogen and oxygen atoms in total. The lowest BCUT2D eigenvalue weighted by atomic mass is 9.97. The zero-order chi connectivity index (χ0) is 14.4. The van der Waals surface area contributed by atoms with Crippen molar-refractivity contribution in [2.24, 2.45) is 5.11 Å². The van der Waals surface area contributed by atoms with Gasteiger partial charge in [-0.1, -0.05) is 11.2 Å². The molecule has 0 saturated heterocycles. The van der Waals surface area contributed by atoms with E-state index in [0.29, 0.717) is 5.75 Å². The van der Waals surface area contributed by atoms with E-state index in [1.165, 1.54) is 7.11 Å². The van der Waals surface area contributed by atoms with E-state index >= 15 is 0 Å². The number of methoxy groups -OCH3 is 1. The molecule has 1 rings (SSSR count). The quantitative estimate of drug-likeness (QED) is 0.483. The van der Waals surface area contributed by atoms with E-state index in [0.717, 1.165) is 16.7 Å². The smallest absolute Gasteiger partial charge is 0.303 e. The third-order valence-corrected chi connectivity index (χ3v) is 3.03. The van der Waals surface area contributed by atoms with Crippen molar-refractivity contribution < 1.29 is 14.6 Å². The third kappa shape index (κ3) is 3.89. The maximum atomic E-state index is 10.6. The Morgan fingerprint density at radius 1 is 1.47 bits per heavy atom. The molecule has 0 bridgehead atoms. The zero-order valence-corrected chi connectivity index (χ0v) is 11.3. The van der Waals surface area contributed by atoms with Crippen LogP contribution in [0.3, 0.4) is 0 Å². The van der Waals surface area contributed by atoms with Gasteiger partial charge in [0.15, 0.2) is 0 Å². The minimum absolute atomic E-state index is 0.0558. The molecule has 1 aromatic carbocycles. The summed E-state index contributed by atoms with van der Waals surface area (Å²) in [7, 11) is 1.54. The van der Waals surface area contributed by atoms with E-state index in [4.69, 9.17) is 15.4 Å². The first kappa shape index (κ1) is 14.9. The number of azide groups is 1. The molecule has 6 heteroatoms. The second-order valence-electron chi connectivity index (χ2n) is 4.33. The SMILES string of the molecule is COc1cc(C)c(C)cc1C(CCC(=O)O)N=[N+]=[N-]. The molecule has 1 N–H and O–H groups in total. The van der Waals surface area contributed by atoms with Gasteiger partial charge in [0.1, 0.15) is 5.75 Å². The van der Waals surface area contributed by atoms with E-state index in [-0.39, 0.29) is 12.8 Å². The van der Waals surface area contributed by atoms with Crippen LogP contribution in [-0.2, 0) is 4.79 Å². The molecule has 0 radical (unpaired) electrons. The molecule has 1 aromatic rings. The number of nitrogens with zero attached hydrogens (tertiary/aromatic N) is 3. The molecule has 0 aliphatic rings. The van der Waals surface area contributed by atoms with Crippen LogP contribution >= 0.6 is 0 Å². The number of carboxylic acids is 1. The fourth-order valence-electron chi connectivity index (χ4n) is 1.85. The lowest BCUT2D eigenvalue weighted by molar-refractivity contribution is -0.137. The highest BCUT2D eigenvalue weighted by Gasteiger charge is 2.17. The Hall–Kier alpha value is -2.20. The standard InChI is InChI=1S/C13H17N3O3/c1-8-6-10(12(19-3)7-9(8)2)11(15-16-14)4-5-13(17)18/h6-7,11H,4-5H2,1-3H3,(H,17,18). The average molecular weight is 263 g/mol. The highest BCUT2D eigenvalue weighted by Crippen LogP contribution is 2.33. The number of aryl methyl sites for hydroxylation is 2. The van der Waals surface area contributed by atoms with Gasteiger partial charge in [-0.3, -0.25) is 4.79 Å². The Morgan fingerprint density at radius 2 is 2.11 bits per heavy atom. The van der Waals surface area contributed by atoms with Crippen molar-refractivity contribution in [3.8, 4) is 5.75 Å². The second kappa shape index (κ2) is 6.66. The number of carbonyl (C=O) groups is 1. The first-order valence-electron chi connectivity index (χ1n) is 5.90. The van der Waals surface area contributed by atoms with Gasteiger partial charge < -0.3 is 9.84 Å². The average Bonchev–Trinajstić information content (AvgIpc) is 2.37. The van der Waals surface area contributed by atoms with Crippen LogP contribution in [0.1, 0.15) is 35.6 Å². The Morgan fingerprint density at radius 3 is 2.63 bits per heavy atom. The maximum Gasteiger partial charge on any atom is 0.303 e. The number of rotatable bonds is 6. The molecule has 0 aromatic heterocycles. The van der Waals surface area contributed by atoms with Crippen LogP contribution in [-0.4, -0.2) is 18.2 Å². The lowest BCUT2D eigenvalue weighted by Crippen LogP contribution is -2.04. The highest BCUT2D eigenvalue weighted by molar-refractivity contribution is 5.66. The molecule has 0 saturated carbocycles. The van der Waals surface area contributed by atoms with Crippen molar-refractivity contribution in [1.29, 1.82) is 0 Å². The van der Waals surface area contributed by atoms with Gasteiger partial charge in [-0.2, -0.15) is 0 Å². The molecule has 0 spiro atoms. The summed E-state index contributed by atoms with van der Waals surface area (Å²) in [6.07, 6.45) is 0.192. The molecule has 1 unspecified atom stereocenters. The van der Waals surface area contributed by atoms with E-state index in [2.05, 4.69) is 10.0 Å². The first-order valence-corrected chi connectivity index (χ1v) is 5.90. The van der Waals surface area contributed by atoms with E-state index in [9.17, 15) is 4.79 Å². The zero-order valence-electron chi connectivity index (χ0n) is 11.3. The minimum atomic E-state index is -0.916. The second-order valence-corrected chi connectivity index (χ2v) is 4.33. The van der Waals surface area contributed by atoms with Crippen molar-refractivity contribution in [2.75, 3.05) is 7.11 Å². The molecular weight excluding hydrogens is 246 g/mol. The number of aliphatic carboxylic acids is 1. The molecule has 0 aliphatic carbocycles. The summed E-state index contributed by atoms with van der Waals surface area (Å²) in [5, 5.41) is 12.4. The van der Waals surface area contributed by atoms with Gasteiger partial charge in [-0.15, -0.1) is 0 Å². The molecule has 1 atom stereocenters. The Labute approximate surface area is 111 Å². The summed E-state index contributed by atoms with van der Waals surface area (Å²) >= 11 is 0. The molecule has 0 fully saturated rings. The summed E-state index contributed by atoms with van der Waals surface area (Å²) in [4.78, 5) is 13.4. The normalized spacial score (nSPS) is 11.5. The van der Waals surface area contributed by atoms with Crippen LogP contribution in [0.4, 0.5) is 0 Å². The number of carboxylic acid groups (broad SMARTS) is 1. The predicted molar refractivity (Wildman–Crippen MR) is 71.2 cm³/mol. The van der Waals surface area contributed by atoms with Crippen molar-refractivity contribution in [2.45, 2.75) is 32.7 Å². The molecule has 19 heavy (non-hydrogen) atoms. The van der Waals surface area contributed by atoms with E-state index in [1.54, 1.807) is 0 Å². The Kier molecular flexibility index (Phi) is 5.21. The van der Waals surface area contributed by atoms with E-state index < -0.39 is 12.0 Å². The Bertz CT molecular complexity index is 522. The van der Waals surface area contributed by atoms with Crippen molar-refractivity contribution >= 4 is 5.97 Å². The van der Waals surface area contributed by atoms with Gasteiger partial charge in [-0.25, -0.2) is 0 Å². The summed E-state index contributed by atoms with van der Waals surface area (Å²) in [5.41, 5.74) is 11.5. The van der Waals surface area contributed by atoms with Crippen molar-refractivity contribution in [3.63, 3.8) is 0 Å². The predicted octanol–water partition coefficient (Wildman–Crippen LogP) is 3.53. The number of benzene rings is 1. The van der Waals surface area contributed by atoms with Crippen LogP contribution in [0.15, 0.2) is 17.2 Å². The van der Waals surface area contributed by atoms with Crippen LogP contribution in [0.5, 0.6) is 5.75 Å². The topological polar surface area (TPSA) is 95.3 Å².